The molecule has 0 saturated heterocycles. The molecule has 0 fully saturated rings. The van der Waals surface area contributed by atoms with Crippen molar-refractivity contribution < 1.29 is 22.0 Å². The average Bonchev–Trinajstić information content (AvgIpc) is 2.75. The molecule has 0 amide bonds. The second-order valence-corrected chi connectivity index (χ2v) is 7.68. The SMILES string of the molecule is CCc1cc(F)c(C2CCc3c(ccc(C#Cc4cccc(F)c4F)c3F)C2)c(F)c1. The van der Waals surface area contributed by atoms with Gasteiger partial charge in [-0.2, -0.15) is 0 Å². The predicted octanol–water partition coefficient (Wildman–Crippen LogP) is 6.62. The average molecular weight is 426 g/mol. The van der Waals surface area contributed by atoms with Gasteiger partial charge in [-0.25, -0.2) is 22.0 Å². The van der Waals surface area contributed by atoms with Crippen LogP contribution in [-0.2, 0) is 19.3 Å². The summed E-state index contributed by atoms with van der Waals surface area (Å²) in [5, 5.41) is 0. The largest absolute Gasteiger partial charge is 0.207 e. The van der Waals surface area contributed by atoms with Crippen LogP contribution in [0.2, 0.25) is 0 Å². The van der Waals surface area contributed by atoms with Crippen molar-refractivity contribution in [3.05, 3.63) is 105 Å². The Hall–Kier alpha value is -3.13. The summed E-state index contributed by atoms with van der Waals surface area (Å²) in [4.78, 5) is 0. The number of hydrogen-bond acceptors (Lipinski definition) is 0. The molecule has 0 aliphatic heterocycles. The van der Waals surface area contributed by atoms with Crippen LogP contribution in [0.4, 0.5) is 22.0 Å². The van der Waals surface area contributed by atoms with Gasteiger partial charge in [0.25, 0.3) is 0 Å². The normalized spacial score (nSPS) is 15.2. The molecule has 1 atom stereocenters. The van der Waals surface area contributed by atoms with Gasteiger partial charge in [-0.05, 0) is 78.6 Å². The molecule has 158 valence electrons. The molecule has 1 aliphatic rings. The molecule has 1 unspecified atom stereocenters. The first-order chi connectivity index (χ1) is 14.9. The summed E-state index contributed by atoms with van der Waals surface area (Å²) in [5.74, 6) is 0.917. The lowest BCUT2D eigenvalue weighted by Gasteiger charge is -2.26. The molecule has 0 nitrogen and oxygen atoms in total. The Kier molecular flexibility index (Phi) is 5.82. The minimum Gasteiger partial charge on any atom is -0.207 e. The summed E-state index contributed by atoms with van der Waals surface area (Å²) >= 11 is 0. The summed E-state index contributed by atoms with van der Waals surface area (Å²) in [6.07, 6.45) is 1.57. The van der Waals surface area contributed by atoms with Gasteiger partial charge in [-0.15, -0.1) is 0 Å². The molecule has 0 aromatic heterocycles. The van der Waals surface area contributed by atoms with Gasteiger partial charge in [0.1, 0.15) is 17.5 Å². The Balaban J connectivity index is 1.63. The quantitative estimate of drug-likeness (QED) is 0.319. The Morgan fingerprint density at radius 1 is 0.839 bits per heavy atom. The van der Waals surface area contributed by atoms with Crippen LogP contribution >= 0.6 is 0 Å². The molecule has 0 N–H and O–H groups in total. The first-order valence-electron chi connectivity index (χ1n) is 10.1. The molecule has 0 spiro atoms. The topological polar surface area (TPSA) is 0 Å². The smallest absolute Gasteiger partial charge is 0.174 e. The van der Waals surface area contributed by atoms with Gasteiger partial charge >= 0.3 is 0 Å². The Bertz CT molecular complexity index is 1190. The maximum atomic E-state index is 15.0. The fourth-order valence-electron chi connectivity index (χ4n) is 4.12. The van der Waals surface area contributed by atoms with E-state index in [4.69, 9.17) is 0 Å². The van der Waals surface area contributed by atoms with E-state index in [2.05, 4.69) is 11.8 Å². The zero-order chi connectivity index (χ0) is 22.1. The van der Waals surface area contributed by atoms with Gasteiger partial charge in [0, 0.05) is 5.56 Å². The third-order valence-corrected chi connectivity index (χ3v) is 5.79. The summed E-state index contributed by atoms with van der Waals surface area (Å²) in [6.45, 7) is 1.83. The highest BCUT2D eigenvalue weighted by atomic mass is 19.2. The van der Waals surface area contributed by atoms with Crippen molar-refractivity contribution in [2.45, 2.75) is 38.5 Å². The van der Waals surface area contributed by atoms with Crippen molar-refractivity contribution in [2.75, 3.05) is 0 Å². The number of halogens is 5. The summed E-state index contributed by atoms with van der Waals surface area (Å²) in [7, 11) is 0. The monoisotopic (exact) mass is 426 g/mol. The number of rotatable bonds is 2. The fraction of sp³-hybridized carbons (Fsp3) is 0.231. The van der Waals surface area contributed by atoms with Crippen LogP contribution in [0, 0.1) is 40.9 Å². The Morgan fingerprint density at radius 2 is 1.52 bits per heavy atom. The third kappa shape index (κ3) is 4.07. The molecule has 31 heavy (non-hydrogen) atoms. The highest BCUT2D eigenvalue weighted by Crippen LogP contribution is 2.37. The van der Waals surface area contributed by atoms with Crippen molar-refractivity contribution in [1.82, 2.24) is 0 Å². The molecular weight excluding hydrogens is 407 g/mol. The van der Waals surface area contributed by atoms with E-state index in [1.54, 1.807) is 6.07 Å². The van der Waals surface area contributed by atoms with Crippen molar-refractivity contribution in [3.8, 4) is 11.8 Å². The fourth-order valence-corrected chi connectivity index (χ4v) is 4.12. The van der Waals surface area contributed by atoms with Crippen molar-refractivity contribution >= 4 is 0 Å². The van der Waals surface area contributed by atoms with E-state index < -0.39 is 29.1 Å². The second kappa shape index (κ2) is 8.55. The van der Waals surface area contributed by atoms with E-state index in [0.29, 0.717) is 42.4 Å². The Labute approximate surface area is 177 Å². The molecule has 0 saturated carbocycles. The lowest BCUT2D eigenvalue weighted by Crippen LogP contribution is -2.17. The number of benzene rings is 3. The van der Waals surface area contributed by atoms with Gasteiger partial charge in [0.05, 0.1) is 11.1 Å². The lowest BCUT2D eigenvalue weighted by atomic mass is 9.79. The standard InChI is InChI=1S/C26H19F5/c1-2-15-12-22(28)24(23(29)13-15)19-10-11-20-18(14-19)9-8-17(25(20)30)7-6-16-4-3-5-21(27)26(16)31/h3-5,8-9,12-13,19H,2,10-11,14H2,1H3. The zero-order valence-corrected chi connectivity index (χ0v) is 16.8. The van der Waals surface area contributed by atoms with E-state index in [-0.39, 0.29) is 22.6 Å². The molecule has 0 bridgehead atoms. The van der Waals surface area contributed by atoms with E-state index in [1.165, 1.54) is 30.3 Å². The van der Waals surface area contributed by atoms with Crippen LogP contribution in [0.25, 0.3) is 0 Å². The van der Waals surface area contributed by atoms with Gasteiger partial charge in [-0.3, -0.25) is 0 Å². The van der Waals surface area contributed by atoms with E-state index >= 15 is 4.39 Å². The minimum absolute atomic E-state index is 0.0497. The van der Waals surface area contributed by atoms with Crippen molar-refractivity contribution in [2.24, 2.45) is 0 Å². The zero-order valence-electron chi connectivity index (χ0n) is 16.8. The van der Waals surface area contributed by atoms with Crippen LogP contribution in [0.5, 0.6) is 0 Å². The van der Waals surface area contributed by atoms with Gasteiger partial charge in [0.2, 0.25) is 0 Å². The van der Waals surface area contributed by atoms with Crippen LogP contribution in [0.15, 0.2) is 42.5 Å². The molecule has 5 heteroatoms. The molecule has 0 radical (unpaired) electrons. The number of fused-ring (bicyclic) bond motifs is 1. The highest BCUT2D eigenvalue weighted by Gasteiger charge is 2.28. The third-order valence-electron chi connectivity index (χ3n) is 5.79. The van der Waals surface area contributed by atoms with Gasteiger partial charge in [-0.1, -0.05) is 30.9 Å². The van der Waals surface area contributed by atoms with Gasteiger partial charge < -0.3 is 0 Å². The first kappa shape index (κ1) is 21.1. The molecule has 3 aromatic rings. The molecular formula is C26H19F5. The lowest BCUT2D eigenvalue weighted by molar-refractivity contribution is 0.481. The van der Waals surface area contributed by atoms with E-state index in [9.17, 15) is 17.6 Å². The van der Waals surface area contributed by atoms with E-state index in [0.717, 1.165) is 6.07 Å². The predicted molar refractivity (Wildman–Crippen MR) is 109 cm³/mol. The van der Waals surface area contributed by atoms with Crippen LogP contribution in [0.1, 0.15) is 52.6 Å². The first-order valence-corrected chi connectivity index (χ1v) is 10.1. The van der Waals surface area contributed by atoms with Gasteiger partial charge in [0.15, 0.2) is 11.6 Å². The molecule has 4 rings (SSSR count). The van der Waals surface area contributed by atoms with Crippen molar-refractivity contribution in [3.63, 3.8) is 0 Å². The summed E-state index contributed by atoms with van der Waals surface area (Å²) in [5.41, 5.74) is 1.69. The second-order valence-electron chi connectivity index (χ2n) is 7.68. The van der Waals surface area contributed by atoms with Crippen molar-refractivity contribution in [1.29, 1.82) is 0 Å². The van der Waals surface area contributed by atoms with Crippen LogP contribution < -0.4 is 0 Å². The highest BCUT2D eigenvalue weighted by molar-refractivity contribution is 5.48. The molecule has 3 aromatic carbocycles. The number of hydrogen-bond donors (Lipinski definition) is 0. The Morgan fingerprint density at radius 3 is 2.19 bits per heavy atom. The van der Waals surface area contributed by atoms with E-state index in [1.807, 2.05) is 6.92 Å². The van der Waals surface area contributed by atoms with Crippen LogP contribution in [-0.4, -0.2) is 0 Å². The van der Waals surface area contributed by atoms with Crippen LogP contribution in [0.3, 0.4) is 0 Å². The maximum Gasteiger partial charge on any atom is 0.174 e. The minimum atomic E-state index is -1.07. The number of aryl methyl sites for hydroxylation is 1. The molecule has 0 heterocycles. The molecule has 1 aliphatic carbocycles. The maximum absolute atomic E-state index is 15.0. The summed E-state index contributed by atoms with van der Waals surface area (Å²) < 4.78 is 71.2. The summed E-state index contributed by atoms with van der Waals surface area (Å²) in [6, 6.07) is 9.51.